The molecule has 5 nitrogen and oxygen atoms in total. The molecule has 0 aromatic heterocycles. The average molecular weight is 400 g/mol. The van der Waals surface area contributed by atoms with Crippen LogP contribution in [-0.4, -0.2) is 13.0 Å². The van der Waals surface area contributed by atoms with Crippen LogP contribution in [0.3, 0.4) is 0 Å². The van der Waals surface area contributed by atoms with Crippen LogP contribution in [0.5, 0.6) is 17.2 Å². The number of ether oxygens (including phenoxy) is 1. The first kappa shape index (κ1) is 24.0. The predicted octanol–water partition coefficient (Wildman–Crippen LogP) is 1.71. The summed E-state index contributed by atoms with van der Waals surface area (Å²) in [7, 11) is -4.67. The zero-order valence-corrected chi connectivity index (χ0v) is 18.8. The van der Waals surface area contributed by atoms with Crippen LogP contribution < -0.4 is 39.4 Å². The summed E-state index contributed by atoms with van der Waals surface area (Å²) in [4.78, 5) is -0.715. The summed E-state index contributed by atoms with van der Waals surface area (Å²) in [5, 5.41) is 12.3. The van der Waals surface area contributed by atoms with Crippen molar-refractivity contribution in [2.75, 3.05) is 0 Å². The Labute approximate surface area is 183 Å². The van der Waals surface area contributed by atoms with Crippen molar-refractivity contribution >= 4 is 10.1 Å². The molecule has 0 aliphatic rings. The van der Waals surface area contributed by atoms with Crippen LogP contribution >= 0.6 is 0 Å². The molecule has 2 aromatic rings. The maximum Gasteiger partial charge on any atom is 1.00 e. The Bertz CT molecular complexity index is 807. The Morgan fingerprint density at radius 2 is 1.63 bits per heavy atom. The van der Waals surface area contributed by atoms with Gasteiger partial charge in [-0.15, -0.1) is 0 Å². The summed E-state index contributed by atoms with van der Waals surface area (Å²) < 4.78 is 38.2. The van der Waals surface area contributed by atoms with Crippen LogP contribution in [0.25, 0.3) is 0 Å². The van der Waals surface area contributed by atoms with Gasteiger partial charge in [0.25, 0.3) is 10.1 Å². The first-order chi connectivity index (χ1) is 12.4. The summed E-state index contributed by atoms with van der Waals surface area (Å²) in [6.45, 7) is 2.17. The van der Waals surface area contributed by atoms with Crippen LogP contribution in [0.2, 0.25) is 0 Å². The second-order valence-corrected chi connectivity index (χ2v) is 7.69. The van der Waals surface area contributed by atoms with Gasteiger partial charge in [-0.2, -0.15) is 8.42 Å². The Kier molecular flexibility index (Phi) is 10.4. The number of para-hydroxylation sites is 1. The number of unbranched alkanes of at least 4 members (excludes halogenated alkanes) is 5. The molecule has 7 heteroatoms. The van der Waals surface area contributed by atoms with Crippen LogP contribution in [0.1, 0.15) is 51.0 Å². The van der Waals surface area contributed by atoms with Gasteiger partial charge in [-0.05, 0) is 36.6 Å². The molecule has 142 valence electrons. The fourth-order valence-electron chi connectivity index (χ4n) is 2.83. The van der Waals surface area contributed by atoms with Gasteiger partial charge in [0.2, 0.25) is 0 Å². The van der Waals surface area contributed by atoms with E-state index in [1.807, 2.05) is 0 Å². The molecule has 27 heavy (non-hydrogen) atoms. The van der Waals surface area contributed by atoms with Crippen molar-refractivity contribution in [3.05, 3.63) is 48.0 Å². The van der Waals surface area contributed by atoms with E-state index in [0.29, 0.717) is 17.7 Å². The minimum absolute atomic E-state index is 0. The smallest absolute Gasteiger partial charge is 0.871 e. The van der Waals surface area contributed by atoms with E-state index >= 15 is 0 Å². The van der Waals surface area contributed by atoms with Crippen molar-refractivity contribution in [2.24, 2.45) is 0 Å². The maximum atomic E-state index is 12.3. The third kappa shape index (κ3) is 7.84. The largest absolute Gasteiger partial charge is 1.00 e. The van der Waals surface area contributed by atoms with Crippen molar-refractivity contribution in [2.45, 2.75) is 56.8 Å². The zero-order chi connectivity index (χ0) is 19.0. The van der Waals surface area contributed by atoms with Gasteiger partial charge in [0.05, 0.1) is 0 Å². The Balaban J connectivity index is 0.00000364. The Morgan fingerprint density at radius 3 is 2.26 bits per heavy atom. The molecule has 0 aliphatic carbocycles. The SMILES string of the molecule is CCCCCCCCc1cc([O-])c(S(=O)(=O)O)c(Oc2ccccc2)c1.[Na+]. The second-order valence-electron chi connectivity index (χ2n) is 6.33. The van der Waals surface area contributed by atoms with E-state index in [1.54, 1.807) is 30.3 Å². The quantitative estimate of drug-likeness (QED) is 0.373. The zero-order valence-electron chi connectivity index (χ0n) is 16.0. The topological polar surface area (TPSA) is 86.7 Å². The number of hydrogen-bond acceptors (Lipinski definition) is 4. The Hall–Kier alpha value is -1.05. The molecule has 0 fully saturated rings. The van der Waals surface area contributed by atoms with Gasteiger partial charge < -0.3 is 9.84 Å². The Morgan fingerprint density at radius 1 is 1.00 bits per heavy atom. The molecule has 2 rings (SSSR count). The summed E-state index contributed by atoms with van der Waals surface area (Å²) >= 11 is 0. The van der Waals surface area contributed by atoms with Crippen molar-refractivity contribution in [3.8, 4) is 17.2 Å². The molecule has 0 aliphatic heterocycles. The molecule has 0 saturated heterocycles. The van der Waals surface area contributed by atoms with Crippen molar-refractivity contribution < 1.29 is 52.4 Å². The first-order valence-corrected chi connectivity index (χ1v) is 10.4. The van der Waals surface area contributed by atoms with E-state index in [-0.39, 0.29) is 35.3 Å². The monoisotopic (exact) mass is 400 g/mol. The van der Waals surface area contributed by atoms with E-state index in [9.17, 15) is 18.1 Å². The molecular formula is C20H25NaO5S. The third-order valence-corrected chi connectivity index (χ3v) is 5.05. The van der Waals surface area contributed by atoms with Gasteiger partial charge in [0, 0.05) is 0 Å². The van der Waals surface area contributed by atoms with E-state index < -0.39 is 20.8 Å². The van der Waals surface area contributed by atoms with Crippen LogP contribution in [-0.2, 0) is 16.5 Å². The normalized spacial score (nSPS) is 11.0. The fraction of sp³-hybridized carbons (Fsp3) is 0.400. The van der Waals surface area contributed by atoms with Gasteiger partial charge in [-0.25, -0.2) is 0 Å². The first-order valence-electron chi connectivity index (χ1n) is 8.96. The minimum atomic E-state index is -4.67. The van der Waals surface area contributed by atoms with Gasteiger partial charge in [0.15, 0.2) is 0 Å². The van der Waals surface area contributed by atoms with Crippen molar-refractivity contribution in [1.29, 1.82) is 0 Å². The second kappa shape index (κ2) is 11.7. The fourth-order valence-corrected chi connectivity index (χ4v) is 3.50. The van der Waals surface area contributed by atoms with Crippen LogP contribution in [0.15, 0.2) is 47.4 Å². The van der Waals surface area contributed by atoms with E-state index in [0.717, 1.165) is 19.3 Å². The van der Waals surface area contributed by atoms with Gasteiger partial charge in [-0.1, -0.05) is 69.0 Å². The summed E-state index contributed by atoms with van der Waals surface area (Å²) in [6.07, 6.45) is 7.40. The van der Waals surface area contributed by atoms with E-state index in [4.69, 9.17) is 4.74 Å². The minimum Gasteiger partial charge on any atom is -0.871 e. The molecule has 0 heterocycles. The number of benzene rings is 2. The number of hydrogen-bond donors (Lipinski definition) is 1. The van der Waals surface area contributed by atoms with Crippen LogP contribution in [0, 0.1) is 0 Å². The molecule has 0 amide bonds. The van der Waals surface area contributed by atoms with Crippen molar-refractivity contribution in [3.63, 3.8) is 0 Å². The molecular weight excluding hydrogens is 375 g/mol. The molecule has 0 saturated carbocycles. The molecule has 0 spiro atoms. The molecule has 1 N–H and O–H groups in total. The third-order valence-electron chi connectivity index (χ3n) is 4.13. The number of rotatable bonds is 10. The summed E-state index contributed by atoms with van der Waals surface area (Å²) in [6, 6.07) is 11.4. The standard InChI is InChI=1S/C20H26O5S.Na/c1-2-3-4-5-6-8-11-16-14-18(21)20(26(22,23)24)19(15-16)25-17-12-9-7-10-13-17;/h7,9-10,12-15,21H,2-6,8,11H2,1H3,(H,22,23,24);/q;+1/p-1. The average Bonchev–Trinajstić information content (AvgIpc) is 2.57. The molecule has 2 aromatic carbocycles. The van der Waals surface area contributed by atoms with Crippen LogP contribution in [0.4, 0.5) is 0 Å². The van der Waals surface area contributed by atoms with Gasteiger partial charge in [-0.3, -0.25) is 4.55 Å². The van der Waals surface area contributed by atoms with Crippen molar-refractivity contribution in [1.82, 2.24) is 0 Å². The van der Waals surface area contributed by atoms with Gasteiger partial charge in [0.1, 0.15) is 16.4 Å². The molecule has 0 atom stereocenters. The number of aryl methyl sites for hydroxylation is 1. The van der Waals surface area contributed by atoms with Gasteiger partial charge >= 0.3 is 29.6 Å². The summed E-state index contributed by atoms with van der Waals surface area (Å²) in [5.74, 6) is -0.484. The molecule has 0 unspecified atom stereocenters. The van der Waals surface area contributed by atoms with E-state index in [1.165, 1.54) is 31.4 Å². The maximum absolute atomic E-state index is 12.3. The molecule has 0 bridgehead atoms. The summed E-state index contributed by atoms with van der Waals surface area (Å²) in [5.41, 5.74) is 0.712. The van der Waals surface area contributed by atoms with E-state index in [2.05, 4.69) is 6.92 Å². The molecule has 0 radical (unpaired) electrons. The predicted molar refractivity (Wildman–Crippen MR) is 99.3 cm³/mol.